The van der Waals surface area contributed by atoms with Crippen molar-refractivity contribution in [2.24, 2.45) is 11.8 Å². The summed E-state index contributed by atoms with van der Waals surface area (Å²) >= 11 is 0. The number of nitrogens with one attached hydrogen (secondary N) is 2. The Balaban J connectivity index is 0.00000114. The van der Waals surface area contributed by atoms with E-state index in [0.717, 1.165) is 68.5 Å². The highest BCUT2D eigenvalue weighted by atomic mass is 16.2. The second kappa shape index (κ2) is 17.8. The van der Waals surface area contributed by atoms with Gasteiger partial charge in [-0.2, -0.15) is 0 Å². The molecule has 224 valence electrons. The predicted molar refractivity (Wildman–Crippen MR) is 171 cm³/mol. The van der Waals surface area contributed by atoms with Crippen LogP contribution in [0.5, 0.6) is 0 Å². The molecule has 1 aliphatic rings. The first-order valence-electron chi connectivity index (χ1n) is 15.4. The molecule has 1 aliphatic heterocycles. The van der Waals surface area contributed by atoms with Crippen molar-refractivity contribution in [1.82, 2.24) is 10.2 Å². The zero-order chi connectivity index (χ0) is 30.2. The van der Waals surface area contributed by atoms with E-state index in [1.807, 2.05) is 77.7 Å². The van der Waals surface area contributed by atoms with Crippen LogP contribution >= 0.6 is 0 Å². The van der Waals surface area contributed by atoms with E-state index in [1.165, 1.54) is 5.56 Å². The van der Waals surface area contributed by atoms with Crippen molar-refractivity contribution >= 4 is 23.4 Å². The van der Waals surface area contributed by atoms with Crippen LogP contribution in [-0.4, -0.2) is 35.7 Å². The van der Waals surface area contributed by atoms with Gasteiger partial charge in [0, 0.05) is 30.3 Å². The van der Waals surface area contributed by atoms with Crippen molar-refractivity contribution in [3.63, 3.8) is 0 Å². The molecule has 3 aromatic carbocycles. The summed E-state index contributed by atoms with van der Waals surface area (Å²) in [6.07, 6.45) is 6.29. The summed E-state index contributed by atoms with van der Waals surface area (Å²) in [4.78, 5) is 39.8. The van der Waals surface area contributed by atoms with Crippen LogP contribution < -0.4 is 10.6 Å². The molecule has 1 heterocycles. The van der Waals surface area contributed by atoms with Gasteiger partial charge in [-0.15, -0.1) is 0 Å². The molecule has 0 aliphatic carbocycles. The fraction of sp³-hybridized carbons (Fsp3) is 0.417. The lowest BCUT2D eigenvalue weighted by Gasteiger charge is -2.18. The summed E-state index contributed by atoms with van der Waals surface area (Å²) in [5.41, 5.74) is 3.87. The van der Waals surface area contributed by atoms with E-state index >= 15 is 0 Å². The first kappa shape index (κ1) is 32.6. The van der Waals surface area contributed by atoms with E-state index in [-0.39, 0.29) is 30.2 Å². The molecule has 0 unspecified atom stereocenters. The van der Waals surface area contributed by atoms with Gasteiger partial charge in [0.05, 0.1) is 6.54 Å². The van der Waals surface area contributed by atoms with Gasteiger partial charge in [0.2, 0.25) is 11.8 Å². The summed E-state index contributed by atoms with van der Waals surface area (Å²) < 4.78 is 0. The van der Waals surface area contributed by atoms with Crippen LogP contribution in [0.25, 0.3) is 0 Å². The highest BCUT2D eigenvalue weighted by Crippen LogP contribution is 2.23. The summed E-state index contributed by atoms with van der Waals surface area (Å²) in [5.74, 6) is 0.526. The van der Waals surface area contributed by atoms with Gasteiger partial charge in [0.1, 0.15) is 0 Å². The molecule has 2 N–H and O–H groups in total. The number of aryl methyl sites for hydroxylation is 1. The summed E-state index contributed by atoms with van der Waals surface area (Å²) in [7, 11) is 0. The molecule has 0 spiro atoms. The average molecular weight is 570 g/mol. The fourth-order valence-electron chi connectivity index (χ4n) is 4.97. The molecular formula is C36H47N3O3. The summed E-state index contributed by atoms with van der Waals surface area (Å²) in [6.45, 7) is 7.93. The minimum absolute atomic E-state index is 0.0399. The Morgan fingerprint density at radius 2 is 1.40 bits per heavy atom. The van der Waals surface area contributed by atoms with Gasteiger partial charge < -0.3 is 15.5 Å². The Morgan fingerprint density at radius 3 is 2.10 bits per heavy atom. The number of carbonyl (C=O) groups excluding carboxylic acids is 3. The zero-order valence-corrected chi connectivity index (χ0v) is 25.5. The standard InChI is InChI=1S/C32H37N3O3.C4H10/c36-30(34-28-17-8-4-9-18-28)23-33-31(37)26(21-20-25-13-5-3-6-14-25)15-7-1-2-12-22-35-24-27-16-10-11-19-29(27)32(35)38;1-4(2)3/h3-6,8-11,13-14,16-19,26H,1-2,7,12,15,20-24H2,(H,33,37)(H,34,36);4H,1-3H3/t26-;/m0./s1. The van der Waals surface area contributed by atoms with Crippen LogP contribution in [0.3, 0.4) is 0 Å². The number of benzene rings is 3. The maximum absolute atomic E-state index is 13.0. The molecule has 0 fully saturated rings. The van der Waals surface area contributed by atoms with E-state index in [4.69, 9.17) is 0 Å². The molecule has 6 nitrogen and oxygen atoms in total. The predicted octanol–water partition coefficient (Wildman–Crippen LogP) is 7.26. The van der Waals surface area contributed by atoms with Crippen LogP contribution in [0.1, 0.15) is 80.8 Å². The second-order valence-electron chi connectivity index (χ2n) is 11.7. The maximum Gasteiger partial charge on any atom is 0.254 e. The molecule has 4 rings (SSSR count). The van der Waals surface area contributed by atoms with Crippen LogP contribution in [-0.2, 0) is 22.6 Å². The monoisotopic (exact) mass is 569 g/mol. The van der Waals surface area contributed by atoms with Gasteiger partial charge in [-0.3, -0.25) is 14.4 Å². The van der Waals surface area contributed by atoms with E-state index in [0.29, 0.717) is 12.2 Å². The lowest BCUT2D eigenvalue weighted by molar-refractivity contribution is -0.127. The summed E-state index contributed by atoms with van der Waals surface area (Å²) in [6, 6.07) is 27.3. The number of amides is 3. The number of hydrogen-bond acceptors (Lipinski definition) is 3. The number of hydrogen-bond donors (Lipinski definition) is 2. The van der Waals surface area contributed by atoms with Gasteiger partial charge in [-0.1, -0.05) is 107 Å². The third kappa shape index (κ3) is 11.5. The molecule has 0 aromatic heterocycles. The second-order valence-corrected chi connectivity index (χ2v) is 11.7. The number of fused-ring (bicyclic) bond motifs is 1. The SMILES string of the molecule is CC(C)C.O=C(CNC(=O)[C@@H](CCCCCCN1Cc2ccccc2C1=O)CCc1ccccc1)Nc1ccccc1. The molecular weight excluding hydrogens is 522 g/mol. The van der Waals surface area contributed by atoms with Crippen LogP contribution in [0.4, 0.5) is 5.69 Å². The van der Waals surface area contributed by atoms with Crippen molar-refractivity contribution in [2.75, 3.05) is 18.4 Å². The number of anilines is 1. The third-order valence-corrected chi connectivity index (χ3v) is 7.10. The van der Waals surface area contributed by atoms with Crippen LogP contribution in [0, 0.1) is 11.8 Å². The Morgan fingerprint density at radius 1 is 0.786 bits per heavy atom. The molecule has 1 atom stereocenters. The van der Waals surface area contributed by atoms with E-state index in [1.54, 1.807) is 0 Å². The molecule has 6 heteroatoms. The average Bonchev–Trinajstić information content (AvgIpc) is 3.31. The van der Waals surface area contributed by atoms with Gasteiger partial charge in [0.15, 0.2) is 0 Å². The first-order chi connectivity index (χ1) is 20.3. The maximum atomic E-state index is 13.0. The smallest absolute Gasteiger partial charge is 0.254 e. The Labute approximate surface area is 251 Å². The van der Waals surface area contributed by atoms with Gasteiger partial charge in [-0.25, -0.2) is 0 Å². The Kier molecular flexibility index (Phi) is 13.8. The van der Waals surface area contributed by atoms with Gasteiger partial charge in [0.25, 0.3) is 5.91 Å². The summed E-state index contributed by atoms with van der Waals surface area (Å²) in [5, 5.41) is 5.66. The quantitative estimate of drug-likeness (QED) is 0.201. The third-order valence-electron chi connectivity index (χ3n) is 7.10. The zero-order valence-electron chi connectivity index (χ0n) is 25.5. The van der Waals surface area contributed by atoms with Crippen LogP contribution in [0.15, 0.2) is 84.9 Å². The lowest BCUT2D eigenvalue weighted by atomic mass is 9.93. The van der Waals surface area contributed by atoms with Crippen LogP contribution in [0.2, 0.25) is 0 Å². The minimum atomic E-state index is -0.232. The Bertz CT molecular complexity index is 1240. The van der Waals surface area contributed by atoms with Gasteiger partial charge in [-0.05, 0) is 60.9 Å². The molecule has 42 heavy (non-hydrogen) atoms. The molecule has 3 amide bonds. The highest BCUT2D eigenvalue weighted by Gasteiger charge is 2.26. The molecule has 0 saturated heterocycles. The Hall–Kier alpha value is -3.93. The molecule has 0 saturated carbocycles. The topological polar surface area (TPSA) is 78.5 Å². The van der Waals surface area contributed by atoms with E-state index in [9.17, 15) is 14.4 Å². The minimum Gasteiger partial charge on any atom is -0.347 e. The first-order valence-corrected chi connectivity index (χ1v) is 15.4. The van der Waals surface area contributed by atoms with Crippen molar-refractivity contribution in [1.29, 1.82) is 0 Å². The van der Waals surface area contributed by atoms with Crippen molar-refractivity contribution in [2.45, 2.75) is 72.3 Å². The number of unbranched alkanes of at least 4 members (excludes halogenated alkanes) is 3. The molecule has 0 bridgehead atoms. The number of rotatable bonds is 14. The normalized spacial score (nSPS) is 12.8. The number of para-hydroxylation sites is 1. The van der Waals surface area contributed by atoms with Crippen molar-refractivity contribution in [3.05, 3.63) is 102 Å². The number of nitrogens with zero attached hydrogens (tertiary/aromatic N) is 1. The highest BCUT2D eigenvalue weighted by molar-refractivity contribution is 5.98. The largest absolute Gasteiger partial charge is 0.347 e. The molecule has 0 radical (unpaired) electrons. The lowest BCUT2D eigenvalue weighted by Crippen LogP contribution is -2.37. The van der Waals surface area contributed by atoms with Gasteiger partial charge >= 0.3 is 0 Å². The fourth-order valence-corrected chi connectivity index (χ4v) is 4.97. The van der Waals surface area contributed by atoms with Crippen molar-refractivity contribution < 1.29 is 14.4 Å². The van der Waals surface area contributed by atoms with E-state index in [2.05, 4.69) is 43.5 Å². The number of carbonyl (C=O) groups is 3. The van der Waals surface area contributed by atoms with Crippen molar-refractivity contribution in [3.8, 4) is 0 Å². The molecule has 3 aromatic rings. The van der Waals surface area contributed by atoms with E-state index < -0.39 is 0 Å².